The van der Waals surface area contributed by atoms with Crippen molar-refractivity contribution in [3.8, 4) is 0 Å². The van der Waals surface area contributed by atoms with E-state index in [9.17, 15) is 22.8 Å². The molecule has 0 unspecified atom stereocenters. The number of nitrogens with zero attached hydrogens (tertiary/aromatic N) is 1. The van der Waals surface area contributed by atoms with E-state index in [-0.39, 0.29) is 11.8 Å². The van der Waals surface area contributed by atoms with Crippen molar-refractivity contribution in [3.63, 3.8) is 0 Å². The molecule has 0 atom stereocenters. The fourth-order valence-electron chi connectivity index (χ4n) is 2.02. The van der Waals surface area contributed by atoms with E-state index in [0.717, 1.165) is 0 Å². The van der Waals surface area contributed by atoms with Crippen LogP contribution < -0.4 is 5.32 Å². The summed E-state index contributed by atoms with van der Waals surface area (Å²) in [6, 6.07) is -0.503. The van der Waals surface area contributed by atoms with Crippen LogP contribution in [0.5, 0.6) is 0 Å². The molecule has 0 bridgehead atoms. The first-order valence-corrected chi connectivity index (χ1v) is 6.35. The number of halogens is 3. The van der Waals surface area contributed by atoms with Crippen molar-refractivity contribution in [1.82, 2.24) is 10.2 Å². The lowest BCUT2D eigenvalue weighted by molar-refractivity contribution is -0.174. The largest absolute Gasteiger partial charge is 0.471 e. The van der Waals surface area contributed by atoms with Crippen molar-refractivity contribution in [2.24, 2.45) is 5.92 Å². The van der Waals surface area contributed by atoms with Crippen LogP contribution in [-0.4, -0.2) is 42.0 Å². The summed E-state index contributed by atoms with van der Waals surface area (Å²) < 4.78 is 36.2. The summed E-state index contributed by atoms with van der Waals surface area (Å²) in [6.45, 7) is 4.67. The lowest BCUT2D eigenvalue weighted by Gasteiger charge is -2.33. The fraction of sp³-hybridized carbons (Fsp3) is 0.833. The van der Waals surface area contributed by atoms with Gasteiger partial charge >= 0.3 is 12.1 Å². The molecule has 110 valence electrons. The van der Waals surface area contributed by atoms with Crippen LogP contribution in [0.3, 0.4) is 0 Å². The molecule has 7 heteroatoms. The predicted octanol–water partition coefficient (Wildman–Crippen LogP) is 1.70. The Hall–Kier alpha value is -1.27. The average molecular weight is 280 g/mol. The SMILES string of the molecule is CC(C)CC(=O)N1CCC(NC(=O)C(F)(F)F)CC1. The van der Waals surface area contributed by atoms with E-state index >= 15 is 0 Å². The number of rotatable bonds is 3. The molecule has 0 aromatic carbocycles. The van der Waals surface area contributed by atoms with Crippen molar-refractivity contribution < 1.29 is 22.8 Å². The minimum atomic E-state index is -4.84. The van der Waals surface area contributed by atoms with Crippen LogP contribution in [0.2, 0.25) is 0 Å². The van der Waals surface area contributed by atoms with Gasteiger partial charge in [-0.3, -0.25) is 9.59 Å². The van der Waals surface area contributed by atoms with E-state index in [2.05, 4.69) is 0 Å². The number of nitrogens with one attached hydrogen (secondary N) is 1. The number of carbonyl (C=O) groups is 2. The quantitative estimate of drug-likeness (QED) is 0.855. The van der Waals surface area contributed by atoms with Crippen molar-refractivity contribution in [2.75, 3.05) is 13.1 Å². The Balaban J connectivity index is 2.37. The van der Waals surface area contributed by atoms with Crippen molar-refractivity contribution >= 4 is 11.8 Å². The summed E-state index contributed by atoms with van der Waals surface area (Å²) in [5.74, 6) is -1.62. The lowest BCUT2D eigenvalue weighted by atomic mass is 10.0. The molecule has 1 saturated heterocycles. The van der Waals surface area contributed by atoms with E-state index in [0.29, 0.717) is 32.4 Å². The topological polar surface area (TPSA) is 49.4 Å². The van der Waals surface area contributed by atoms with Gasteiger partial charge in [-0.15, -0.1) is 0 Å². The monoisotopic (exact) mass is 280 g/mol. The molecule has 0 spiro atoms. The predicted molar refractivity (Wildman–Crippen MR) is 63.3 cm³/mol. The first-order chi connectivity index (χ1) is 8.70. The van der Waals surface area contributed by atoms with Crippen LogP contribution in [0, 0.1) is 5.92 Å². The lowest BCUT2D eigenvalue weighted by Crippen LogP contribution is -2.49. The Morgan fingerprint density at radius 3 is 2.21 bits per heavy atom. The van der Waals surface area contributed by atoms with Gasteiger partial charge in [0.1, 0.15) is 0 Å². The zero-order chi connectivity index (χ0) is 14.6. The maximum absolute atomic E-state index is 12.1. The molecule has 0 radical (unpaired) electrons. The van der Waals surface area contributed by atoms with E-state index in [1.807, 2.05) is 19.2 Å². The van der Waals surface area contributed by atoms with E-state index in [4.69, 9.17) is 0 Å². The average Bonchev–Trinajstić information content (AvgIpc) is 2.27. The number of hydrogen-bond donors (Lipinski definition) is 1. The van der Waals surface area contributed by atoms with Crippen LogP contribution in [0.4, 0.5) is 13.2 Å². The molecule has 1 N–H and O–H groups in total. The van der Waals surface area contributed by atoms with Gasteiger partial charge in [-0.1, -0.05) is 13.8 Å². The Morgan fingerprint density at radius 1 is 1.26 bits per heavy atom. The minimum absolute atomic E-state index is 0.0237. The number of hydrogen-bond acceptors (Lipinski definition) is 2. The Bertz CT molecular complexity index is 334. The molecule has 1 rings (SSSR count). The Morgan fingerprint density at radius 2 is 1.79 bits per heavy atom. The van der Waals surface area contributed by atoms with Crippen molar-refractivity contribution in [3.05, 3.63) is 0 Å². The second-order valence-electron chi connectivity index (χ2n) is 5.22. The van der Waals surface area contributed by atoms with Crippen LogP contribution in [0.1, 0.15) is 33.1 Å². The van der Waals surface area contributed by atoms with Gasteiger partial charge in [0.15, 0.2) is 0 Å². The van der Waals surface area contributed by atoms with Gasteiger partial charge in [0.05, 0.1) is 0 Å². The summed E-state index contributed by atoms with van der Waals surface area (Å²) in [4.78, 5) is 24.2. The summed E-state index contributed by atoms with van der Waals surface area (Å²) in [6.07, 6.45) is -3.67. The Kier molecular flexibility index (Phi) is 5.20. The standard InChI is InChI=1S/C12H19F3N2O2/c1-8(2)7-10(18)17-5-3-9(4-6-17)16-11(19)12(13,14)15/h8-9H,3-7H2,1-2H3,(H,16,19). The highest BCUT2D eigenvalue weighted by Gasteiger charge is 2.40. The van der Waals surface area contributed by atoms with Gasteiger partial charge in [0.25, 0.3) is 0 Å². The van der Waals surface area contributed by atoms with Gasteiger partial charge in [0.2, 0.25) is 5.91 Å². The molecule has 1 heterocycles. The summed E-state index contributed by atoms with van der Waals surface area (Å²) in [7, 11) is 0. The van der Waals surface area contributed by atoms with Crippen molar-refractivity contribution in [2.45, 2.75) is 45.3 Å². The smallest absolute Gasteiger partial charge is 0.345 e. The number of piperidine rings is 1. The van der Waals surface area contributed by atoms with Crippen LogP contribution in [0.25, 0.3) is 0 Å². The van der Waals surface area contributed by atoms with Gasteiger partial charge in [0, 0.05) is 25.6 Å². The summed E-state index contributed by atoms with van der Waals surface area (Å²) >= 11 is 0. The molecular weight excluding hydrogens is 261 g/mol. The molecule has 1 aliphatic heterocycles. The summed E-state index contributed by atoms with van der Waals surface area (Å²) in [5.41, 5.74) is 0. The van der Waals surface area contributed by atoms with Crippen LogP contribution in [0.15, 0.2) is 0 Å². The maximum Gasteiger partial charge on any atom is 0.471 e. The second-order valence-corrected chi connectivity index (χ2v) is 5.22. The number of alkyl halides is 3. The second kappa shape index (κ2) is 6.25. The third-order valence-electron chi connectivity index (χ3n) is 3.02. The highest BCUT2D eigenvalue weighted by atomic mass is 19.4. The molecule has 0 aromatic rings. The molecule has 0 aliphatic carbocycles. The Labute approximate surface area is 110 Å². The normalized spacial score (nSPS) is 17.7. The number of amides is 2. The molecule has 4 nitrogen and oxygen atoms in total. The molecular formula is C12H19F3N2O2. The number of likely N-dealkylation sites (tertiary alicyclic amines) is 1. The van der Waals surface area contributed by atoms with E-state index in [1.54, 1.807) is 4.90 Å². The van der Waals surface area contributed by atoms with Gasteiger partial charge in [-0.25, -0.2) is 0 Å². The first kappa shape index (κ1) is 15.8. The summed E-state index contributed by atoms with van der Waals surface area (Å²) in [5, 5.41) is 1.96. The maximum atomic E-state index is 12.1. The third-order valence-corrected chi connectivity index (χ3v) is 3.02. The fourth-order valence-corrected chi connectivity index (χ4v) is 2.02. The first-order valence-electron chi connectivity index (χ1n) is 6.35. The zero-order valence-electron chi connectivity index (χ0n) is 11.1. The molecule has 0 aromatic heterocycles. The molecule has 19 heavy (non-hydrogen) atoms. The molecule has 2 amide bonds. The highest BCUT2D eigenvalue weighted by Crippen LogP contribution is 2.18. The van der Waals surface area contributed by atoms with Crippen LogP contribution in [-0.2, 0) is 9.59 Å². The third kappa shape index (κ3) is 5.08. The van der Waals surface area contributed by atoms with E-state index in [1.165, 1.54) is 0 Å². The van der Waals surface area contributed by atoms with Gasteiger partial charge in [-0.2, -0.15) is 13.2 Å². The van der Waals surface area contributed by atoms with Gasteiger partial charge in [-0.05, 0) is 18.8 Å². The highest BCUT2D eigenvalue weighted by molar-refractivity contribution is 5.82. The molecule has 0 saturated carbocycles. The van der Waals surface area contributed by atoms with Gasteiger partial charge < -0.3 is 10.2 Å². The number of carbonyl (C=O) groups excluding carboxylic acids is 2. The molecule has 1 fully saturated rings. The molecule has 1 aliphatic rings. The van der Waals surface area contributed by atoms with E-state index < -0.39 is 18.1 Å². The minimum Gasteiger partial charge on any atom is -0.345 e. The van der Waals surface area contributed by atoms with Crippen molar-refractivity contribution in [1.29, 1.82) is 0 Å². The zero-order valence-corrected chi connectivity index (χ0v) is 11.1. The van der Waals surface area contributed by atoms with Crippen LogP contribution >= 0.6 is 0 Å².